The standard InChI is InChI=1S/C40H40N2O6/c1-39(2,3)28-16-21(17-29(37(28)46)40(4,5)6)10-15-32(43)41-31-9-7-8-22-13-14-30(42-34(22)31)33-35(44)26-19-23-11-12-24(38(47)48)18-25(23)20-27(26)36(33)45/h7-9,11-14,16-20,30,33,42,46H,10,15H2,1-6H3,(H,41,43)(H,47,48). The largest absolute Gasteiger partial charge is 0.507 e. The van der Waals surface area contributed by atoms with Gasteiger partial charge in [0.1, 0.15) is 11.7 Å². The Labute approximate surface area is 279 Å². The second-order valence-corrected chi connectivity index (χ2v) is 14.9. The number of carboxylic acid groups (broad SMARTS) is 1. The lowest BCUT2D eigenvalue weighted by molar-refractivity contribution is -0.116. The molecule has 1 aliphatic heterocycles. The Bertz CT molecular complexity index is 2030. The number of phenolic OH excluding ortho intramolecular Hbond substituents is 1. The van der Waals surface area contributed by atoms with Gasteiger partial charge in [-0.2, -0.15) is 0 Å². The topological polar surface area (TPSA) is 133 Å². The van der Waals surface area contributed by atoms with Crippen LogP contribution in [0.4, 0.5) is 11.4 Å². The van der Waals surface area contributed by atoms with Gasteiger partial charge in [-0.1, -0.05) is 84.0 Å². The summed E-state index contributed by atoms with van der Waals surface area (Å²) in [6, 6.07) is 16.7. The molecule has 0 bridgehead atoms. The summed E-state index contributed by atoms with van der Waals surface area (Å²) in [5, 5.41) is 28.1. The first-order valence-electron chi connectivity index (χ1n) is 16.2. The Morgan fingerprint density at radius 2 is 1.46 bits per heavy atom. The Kier molecular flexibility index (Phi) is 8.02. The number of carbonyl (C=O) groups is 4. The van der Waals surface area contributed by atoms with Crippen molar-refractivity contribution >= 4 is 51.7 Å². The molecule has 1 amide bonds. The van der Waals surface area contributed by atoms with Crippen molar-refractivity contribution in [1.29, 1.82) is 0 Å². The molecule has 48 heavy (non-hydrogen) atoms. The number of amides is 1. The number of carboxylic acids is 1. The molecule has 1 aliphatic carbocycles. The number of hydrogen-bond donors (Lipinski definition) is 4. The van der Waals surface area contributed by atoms with Crippen molar-refractivity contribution in [2.75, 3.05) is 10.6 Å². The predicted molar refractivity (Wildman–Crippen MR) is 188 cm³/mol. The normalized spacial score (nSPS) is 17.2. The van der Waals surface area contributed by atoms with Gasteiger partial charge in [-0.15, -0.1) is 0 Å². The highest BCUT2D eigenvalue weighted by Crippen LogP contribution is 2.41. The quantitative estimate of drug-likeness (QED) is 0.157. The van der Waals surface area contributed by atoms with Crippen molar-refractivity contribution < 1.29 is 29.4 Å². The minimum absolute atomic E-state index is 0.103. The molecule has 246 valence electrons. The van der Waals surface area contributed by atoms with Crippen molar-refractivity contribution in [2.24, 2.45) is 5.92 Å². The molecule has 4 aromatic rings. The monoisotopic (exact) mass is 644 g/mol. The predicted octanol–water partition coefficient (Wildman–Crippen LogP) is 7.91. The lowest BCUT2D eigenvalue weighted by Gasteiger charge is -2.28. The van der Waals surface area contributed by atoms with E-state index < -0.39 is 17.9 Å². The third-order valence-corrected chi connectivity index (χ3v) is 9.27. The molecule has 4 aromatic carbocycles. The number of aromatic carboxylic acids is 1. The number of nitrogens with one attached hydrogen (secondary N) is 2. The highest BCUT2D eigenvalue weighted by Gasteiger charge is 2.44. The molecule has 2 atom stereocenters. The Morgan fingerprint density at radius 3 is 2.06 bits per heavy atom. The maximum Gasteiger partial charge on any atom is 0.335 e. The summed E-state index contributed by atoms with van der Waals surface area (Å²) < 4.78 is 0. The van der Waals surface area contributed by atoms with E-state index >= 15 is 0 Å². The van der Waals surface area contributed by atoms with Crippen LogP contribution in [0.1, 0.15) is 101 Å². The molecule has 8 heteroatoms. The minimum atomic E-state index is -1.07. The number of benzene rings is 4. The summed E-state index contributed by atoms with van der Waals surface area (Å²) >= 11 is 0. The van der Waals surface area contributed by atoms with E-state index in [1.165, 1.54) is 12.1 Å². The van der Waals surface area contributed by atoms with E-state index in [4.69, 9.17) is 0 Å². The van der Waals surface area contributed by atoms with Crippen LogP contribution in [0.25, 0.3) is 16.8 Å². The zero-order chi connectivity index (χ0) is 34.7. The number of aryl methyl sites for hydroxylation is 1. The Morgan fingerprint density at radius 1 is 0.833 bits per heavy atom. The van der Waals surface area contributed by atoms with Gasteiger partial charge < -0.3 is 20.8 Å². The first-order chi connectivity index (χ1) is 22.5. The molecule has 1 heterocycles. The molecule has 0 saturated carbocycles. The fraction of sp³-hybridized carbons (Fsp3) is 0.300. The summed E-state index contributed by atoms with van der Waals surface area (Å²) in [7, 11) is 0. The smallest absolute Gasteiger partial charge is 0.335 e. The zero-order valence-corrected chi connectivity index (χ0v) is 28.0. The van der Waals surface area contributed by atoms with E-state index in [1.807, 2.05) is 30.3 Å². The van der Waals surface area contributed by atoms with Gasteiger partial charge >= 0.3 is 5.97 Å². The summed E-state index contributed by atoms with van der Waals surface area (Å²) in [6.07, 6.45) is 4.35. The third kappa shape index (κ3) is 5.99. The second kappa shape index (κ2) is 11.8. The number of ketones is 2. The van der Waals surface area contributed by atoms with Gasteiger partial charge in [0, 0.05) is 17.5 Å². The van der Waals surface area contributed by atoms with Crippen molar-refractivity contribution in [3.05, 3.63) is 106 Å². The maximum absolute atomic E-state index is 13.7. The average Bonchev–Trinajstić information content (AvgIpc) is 3.26. The molecule has 2 unspecified atom stereocenters. The van der Waals surface area contributed by atoms with Crippen LogP contribution in [0.15, 0.2) is 66.7 Å². The van der Waals surface area contributed by atoms with Crippen LogP contribution in [-0.4, -0.2) is 39.7 Å². The van der Waals surface area contributed by atoms with E-state index in [-0.39, 0.29) is 45.9 Å². The van der Waals surface area contributed by atoms with Crippen LogP contribution >= 0.6 is 0 Å². The molecule has 8 nitrogen and oxygen atoms in total. The summed E-state index contributed by atoms with van der Waals surface area (Å²) in [5.41, 5.74) is 4.81. The van der Waals surface area contributed by atoms with E-state index in [9.17, 15) is 29.4 Å². The van der Waals surface area contributed by atoms with Gasteiger partial charge in [0.25, 0.3) is 0 Å². The van der Waals surface area contributed by atoms with Crippen molar-refractivity contribution in [3.8, 4) is 5.75 Å². The first kappa shape index (κ1) is 32.7. The zero-order valence-electron chi connectivity index (χ0n) is 28.0. The lowest BCUT2D eigenvalue weighted by Crippen LogP contribution is -2.36. The van der Waals surface area contributed by atoms with Gasteiger partial charge in [-0.25, -0.2) is 4.79 Å². The fourth-order valence-electron chi connectivity index (χ4n) is 6.66. The summed E-state index contributed by atoms with van der Waals surface area (Å²) in [4.78, 5) is 52.1. The Hall–Kier alpha value is -5.24. The number of aromatic hydroxyl groups is 1. The van der Waals surface area contributed by atoms with E-state index in [0.717, 1.165) is 22.3 Å². The minimum Gasteiger partial charge on any atom is -0.507 e. The van der Waals surface area contributed by atoms with Gasteiger partial charge in [0.05, 0.1) is 23.0 Å². The number of phenols is 1. The van der Waals surface area contributed by atoms with E-state index in [0.29, 0.717) is 39.9 Å². The molecule has 4 N–H and O–H groups in total. The molecule has 2 aliphatic rings. The highest BCUT2D eigenvalue weighted by molar-refractivity contribution is 6.28. The molecular weight excluding hydrogens is 604 g/mol. The third-order valence-electron chi connectivity index (χ3n) is 9.27. The number of fused-ring (bicyclic) bond motifs is 3. The van der Waals surface area contributed by atoms with Crippen molar-refractivity contribution in [2.45, 2.75) is 71.3 Å². The van der Waals surface area contributed by atoms with Crippen LogP contribution < -0.4 is 10.6 Å². The first-order valence-corrected chi connectivity index (χ1v) is 16.2. The molecule has 0 saturated heterocycles. The SMILES string of the molecule is CC(C)(C)c1cc(CCC(=O)Nc2cccc3c2NC(C2C(=O)c4cc5ccc(C(=O)O)cc5cc4C2=O)C=C3)cc(C(C)(C)C)c1O. The van der Waals surface area contributed by atoms with Gasteiger partial charge in [-0.05, 0) is 80.6 Å². The molecule has 0 spiro atoms. The summed E-state index contributed by atoms with van der Waals surface area (Å²) in [6.45, 7) is 12.3. The molecular formula is C40H40N2O6. The number of para-hydroxylation sites is 1. The van der Waals surface area contributed by atoms with Gasteiger partial charge in [0.15, 0.2) is 11.6 Å². The number of carbonyl (C=O) groups excluding carboxylic acids is 3. The average molecular weight is 645 g/mol. The maximum atomic E-state index is 13.7. The number of Topliss-reactive ketones (excluding diaryl/α,β-unsaturated/α-hetero) is 2. The highest BCUT2D eigenvalue weighted by atomic mass is 16.4. The van der Waals surface area contributed by atoms with Crippen LogP contribution in [-0.2, 0) is 22.0 Å². The number of anilines is 2. The number of hydrogen-bond acceptors (Lipinski definition) is 6. The van der Waals surface area contributed by atoms with Crippen molar-refractivity contribution in [1.82, 2.24) is 0 Å². The van der Waals surface area contributed by atoms with Crippen LogP contribution in [0, 0.1) is 5.92 Å². The van der Waals surface area contributed by atoms with Gasteiger partial charge in [0.2, 0.25) is 5.91 Å². The van der Waals surface area contributed by atoms with E-state index in [2.05, 4.69) is 52.2 Å². The van der Waals surface area contributed by atoms with E-state index in [1.54, 1.807) is 30.3 Å². The molecule has 0 fully saturated rings. The summed E-state index contributed by atoms with van der Waals surface area (Å²) in [5.74, 6) is -2.59. The lowest BCUT2D eigenvalue weighted by atomic mass is 9.78. The fourth-order valence-corrected chi connectivity index (χ4v) is 6.66. The van der Waals surface area contributed by atoms with Crippen molar-refractivity contribution in [3.63, 3.8) is 0 Å². The second-order valence-electron chi connectivity index (χ2n) is 14.9. The van der Waals surface area contributed by atoms with Crippen LogP contribution in [0.3, 0.4) is 0 Å². The van der Waals surface area contributed by atoms with Crippen LogP contribution in [0.5, 0.6) is 5.75 Å². The molecule has 6 rings (SSSR count). The van der Waals surface area contributed by atoms with Gasteiger partial charge in [-0.3, -0.25) is 14.4 Å². The molecule has 0 radical (unpaired) electrons. The van der Waals surface area contributed by atoms with Crippen LogP contribution in [0.2, 0.25) is 0 Å². The molecule has 0 aromatic heterocycles. The number of rotatable bonds is 6. The Balaban J connectivity index is 1.21.